The van der Waals surface area contributed by atoms with Crippen LogP contribution in [0, 0.1) is 0 Å². The molecule has 2 heteroatoms. The fourth-order valence-electron chi connectivity index (χ4n) is 0.982. The fourth-order valence-corrected chi connectivity index (χ4v) is 1.40. The van der Waals surface area contributed by atoms with Crippen molar-refractivity contribution in [3.05, 3.63) is 34.3 Å². The number of halogens is 2. The lowest BCUT2D eigenvalue weighted by Crippen LogP contribution is -1.85. The molecular weight excluding hydrogens is 179 g/mol. The highest BCUT2D eigenvalue weighted by molar-refractivity contribution is 6.31. The molecule has 0 saturated heterocycles. The first-order chi connectivity index (χ1) is 5.27. The summed E-state index contributed by atoms with van der Waals surface area (Å²) in [5, 5.41) is 0.835. The van der Waals surface area contributed by atoms with Gasteiger partial charge in [0.15, 0.2) is 0 Å². The molecule has 0 aromatic heterocycles. The Hall–Kier alpha value is -0.200. The van der Waals surface area contributed by atoms with Gasteiger partial charge < -0.3 is 0 Å². The molecule has 1 aromatic rings. The van der Waals surface area contributed by atoms with Crippen molar-refractivity contribution in [3.8, 4) is 0 Å². The molecule has 11 heavy (non-hydrogen) atoms. The molecule has 0 atom stereocenters. The predicted molar refractivity (Wildman–Crippen MR) is 50.4 cm³/mol. The summed E-state index contributed by atoms with van der Waals surface area (Å²) >= 11 is 11.6. The third-order valence-corrected chi connectivity index (χ3v) is 2.32. The summed E-state index contributed by atoms with van der Waals surface area (Å²) in [5.74, 6) is 0.560. The molecule has 0 heterocycles. The van der Waals surface area contributed by atoms with E-state index in [2.05, 4.69) is 13.0 Å². The topological polar surface area (TPSA) is 0 Å². The van der Waals surface area contributed by atoms with E-state index >= 15 is 0 Å². The van der Waals surface area contributed by atoms with E-state index in [4.69, 9.17) is 23.2 Å². The smallest absolute Gasteiger partial charge is 0.0474 e. The van der Waals surface area contributed by atoms with Crippen LogP contribution < -0.4 is 0 Å². The third kappa shape index (κ3) is 2.11. The van der Waals surface area contributed by atoms with Crippen LogP contribution in [0.3, 0.4) is 0 Å². The Morgan fingerprint density at radius 3 is 2.64 bits per heavy atom. The monoisotopic (exact) mass is 188 g/mol. The summed E-state index contributed by atoms with van der Waals surface area (Å²) in [6, 6.07) is 5.90. The molecule has 0 unspecified atom stereocenters. The first-order valence-corrected chi connectivity index (χ1v) is 4.52. The number of aryl methyl sites for hydroxylation is 1. The average molecular weight is 189 g/mol. The molecule has 60 valence electrons. The van der Waals surface area contributed by atoms with Crippen molar-refractivity contribution >= 4 is 23.2 Å². The molecule has 0 nitrogen and oxygen atoms in total. The molecule has 0 bridgehead atoms. The second-order valence-corrected chi connectivity index (χ2v) is 3.09. The van der Waals surface area contributed by atoms with Gasteiger partial charge in [-0.1, -0.05) is 30.7 Å². The minimum atomic E-state index is 0.560. The lowest BCUT2D eigenvalue weighted by Gasteiger charge is -2.02. The van der Waals surface area contributed by atoms with Crippen LogP contribution in [0.4, 0.5) is 0 Å². The van der Waals surface area contributed by atoms with Crippen molar-refractivity contribution in [2.75, 3.05) is 0 Å². The number of hydrogen-bond donors (Lipinski definition) is 0. The molecular formula is C9H10Cl2. The number of alkyl halides is 1. The van der Waals surface area contributed by atoms with Crippen molar-refractivity contribution < 1.29 is 0 Å². The van der Waals surface area contributed by atoms with E-state index in [1.54, 1.807) is 0 Å². The summed E-state index contributed by atoms with van der Waals surface area (Å²) in [4.78, 5) is 0. The Bertz CT molecular complexity index is 243. The SMILES string of the molecule is CCc1cc(CCl)ccc1Cl. The fraction of sp³-hybridized carbons (Fsp3) is 0.333. The number of hydrogen-bond acceptors (Lipinski definition) is 0. The van der Waals surface area contributed by atoms with E-state index in [0.717, 1.165) is 17.0 Å². The summed E-state index contributed by atoms with van der Waals surface area (Å²) in [7, 11) is 0. The van der Waals surface area contributed by atoms with E-state index in [1.165, 1.54) is 5.56 Å². The zero-order chi connectivity index (χ0) is 8.27. The summed E-state index contributed by atoms with van der Waals surface area (Å²) in [6.45, 7) is 2.08. The minimum Gasteiger partial charge on any atom is -0.122 e. The van der Waals surface area contributed by atoms with Gasteiger partial charge in [0.1, 0.15) is 0 Å². The standard InChI is InChI=1S/C9H10Cl2/c1-2-8-5-7(6-10)3-4-9(8)11/h3-5H,2,6H2,1H3. The van der Waals surface area contributed by atoms with Crippen LogP contribution in [-0.4, -0.2) is 0 Å². The zero-order valence-corrected chi connectivity index (χ0v) is 7.91. The highest BCUT2D eigenvalue weighted by Gasteiger charge is 1.98. The first kappa shape index (κ1) is 8.89. The van der Waals surface area contributed by atoms with Crippen LogP contribution in [0.5, 0.6) is 0 Å². The number of rotatable bonds is 2. The molecule has 0 aliphatic carbocycles. The molecule has 0 saturated carbocycles. The van der Waals surface area contributed by atoms with Crippen LogP contribution in [0.2, 0.25) is 5.02 Å². The summed E-state index contributed by atoms with van der Waals surface area (Å²) < 4.78 is 0. The normalized spacial score (nSPS) is 10.1. The molecule has 0 aliphatic rings. The van der Waals surface area contributed by atoms with Crippen molar-refractivity contribution in [3.63, 3.8) is 0 Å². The van der Waals surface area contributed by atoms with Gasteiger partial charge in [-0.2, -0.15) is 0 Å². The second-order valence-electron chi connectivity index (χ2n) is 2.41. The quantitative estimate of drug-likeness (QED) is 0.623. The zero-order valence-electron chi connectivity index (χ0n) is 6.40. The maximum absolute atomic E-state index is 5.91. The molecule has 0 radical (unpaired) electrons. The maximum atomic E-state index is 5.91. The average Bonchev–Trinajstić information content (AvgIpc) is 2.05. The lowest BCUT2D eigenvalue weighted by molar-refractivity contribution is 1.13. The lowest BCUT2D eigenvalue weighted by atomic mass is 10.1. The van der Waals surface area contributed by atoms with E-state index in [1.807, 2.05) is 12.1 Å². The van der Waals surface area contributed by atoms with Crippen molar-refractivity contribution in [1.82, 2.24) is 0 Å². The van der Waals surface area contributed by atoms with E-state index in [-0.39, 0.29) is 0 Å². The van der Waals surface area contributed by atoms with Gasteiger partial charge in [0, 0.05) is 10.9 Å². The molecule has 0 aliphatic heterocycles. The van der Waals surface area contributed by atoms with E-state index in [9.17, 15) is 0 Å². The van der Waals surface area contributed by atoms with Gasteiger partial charge in [-0.3, -0.25) is 0 Å². The highest BCUT2D eigenvalue weighted by Crippen LogP contribution is 2.18. The predicted octanol–water partition coefficient (Wildman–Crippen LogP) is 3.64. The highest BCUT2D eigenvalue weighted by atomic mass is 35.5. The third-order valence-electron chi connectivity index (χ3n) is 1.65. The van der Waals surface area contributed by atoms with Gasteiger partial charge in [-0.15, -0.1) is 11.6 Å². The second kappa shape index (κ2) is 3.99. The summed E-state index contributed by atoms with van der Waals surface area (Å²) in [5.41, 5.74) is 2.30. The Kier molecular flexibility index (Phi) is 3.22. The molecule has 0 fully saturated rings. The number of benzene rings is 1. The Morgan fingerprint density at radius 1 is 1.36 bits per heavy atom. The van der Waals surface area contributed by atoms with Crippen molar-refractivity contribution in [1.29, 1.82) is 0 Å². The van der Waals surface area contributed by atoms with Crippen LogP contribution in [0.25, 0.3) is 0 Å². The van der Waals surface area contributed by atoms with Crippen LogP contribution in [-0.2, 0) is 12.3 Å². The maximum Gasteiger partial charge on any atom is 0.0474 e. The van der Waals surface area contributed by atoms with Crippen LogP contribution >= 0.6 is 23.2 Å². The minimum absolute atomic E-state index is 0.560. The first-order valence-electron chi connectivity index (χ1n) is 3.61. The molecule has 1 rings (SSSR count). The summed E-state index contributed by atoms with van der Waals surface area (Å²) in [6.07, 6.45) is 0.962. The van der Waals surface area contributed by atoms with Crippen LogP contribution in [0.1, 0.15) is 18.1 Å². The van der Waals surface area contributed by atoms with Gasteiger partial charge >= 0.3 is 0 Å². The molecule has 0 amide bonds. The largest absolute Gasteiger partial charge is 0.122 e. The molecule has 1 aromatic carbocycles. The van der Waals surface area contributed by atoms with Crippen molar-refractivity contribution in [2.24, 2.45) is 0 Å². The van der Waals surface area contributed by atoms with Crippen molar-refractivity contribution in [2.45, 2.75) is 19.2 Å². The van der Waals surface area contributed by atoms with Gasteiger partial charge in [0.25, 0.3) is 0 Å². The van der Waals surface area contributed by atoms with E-state index in [0.29, 0.717) is 5.88 Å². The van der Waals surface area contributed by atoms with E-state index < -0.39 is 0 Å². The Balaban J connectivity index is 3.02. The Labute approximate surface area is 77.1 Å². The molecule has 0 spiro atoms. The molecule has 0 N–H and O–H groups in total. The van der Waals surface area contributed by atoms with Gasteiger partial charge in [0.2, 0.25) is 0 Å². The van der Waals surface area contributed by atoms with Gasteiger partial charge in [0.05, 0.1) is 0 Å². The van der Waals surface area contributed by atoms with Crippen LogP contribution in [0.15, 0.2) is 18.2 Å². The van der Waals surface area contributed by atoms with Gasteiger partial charge in [-0.25, -0.2) is 0 Å². The van der Waals surface area contributed by atoms with Gasteiger partial charge in [-0.05, 0) is 23.6 Å². The Morgan fingerprint density at radius 2 is 2.09 bits per heavy atom.